The Morgan fingerprint density at radius 1 is 0.562 bits per heavy atom. The number of anilines is 2. The predicted molar refractivity (Wildman–Crippen MR) is 90.0 cm³/mol. The molecule has 4 nitrogen and oxygen atoms in total. The van der Waals surface area contributed by atoms with Gasteiger partial charge in [0.1, 0.15) is 0 Å². The van der Waals surface area contributed by atoms with Gasteiger partial charge >= 0.3 is 36.0 Å². The fourth-order valence-electron chi connectivity index (χ4n) is 2.25. The fourth-order valence-corrected chi connectivity index (χ4v) is 2.25. The first-order chi connectivity index (χ1) is 14.5. The molecule has 2 aromatic carbocycles. The molecule has 0 radical (unpaired) electrons. The van der Waals surface area contributed by atoms with Gasteiger partial charge in [0.15, 0.2) is 0 Å². The molecule has 0 saturated heterocycles. The second-order valence-corrected chi connectivity index (χ2v) is 6.21. The molecule has 0 aromatic heterocycles. The van der Waals surface area contributed by atoms with Crippen LogP contribution in [0.1, 0.15) is 11.1 Å². The van der Waals surface area contributed by atoms with Crippen LogP contribution in [-0.2, 0) is 21.9 Å². The Morgan fingerprint density at radius 3 is 1.16 bits per heavy atom. The van der Waals surface area contributed by atoms with Crippen LogP contribution < -0.4 is 10.6 Å². The molecule has 2 aromatic rings. The lowest BCUT2D eigenvalue weighted by Crippen LogP contribution is -2.56. The van der Waals surface area contributed by atoms with E-state index in [0.29, 0.717) is 36.4 Å². The molecule has 0 heterocycles. The second kappa shape index (κ2) is 8.31. The van der Waals surface area contributed by atoms with Crippen molar-refractivity contribution in [2.45, 2.75) is 24.2 Å². The van der Waals surface area contributed by atoms with Crippen molar-refractivity contribution in [1.29, 1.82) is 0 Å². The van der Waals surface area contributed by atoms with Crippen LogP contribution in [0.25, 0.3) is 0 Å². The van der Waals surface area contributed by atoms with Crippen molar-refractivity contribution >= 4 is 23.2 Å². The zero-order valence-electron chi connectivity index (χ0n) is 15.2. The number of alkyl halides is 10. The van der Waals surface area contributed by atoms with Gasteiger partial charge in [-0.2, -0.15) is 43.9 Å². The number of amides is 2. The van der Waals surface area contributed by atoms with Crippen LogP contribution in [0.15, 0.2) is 48.5 Å². The minimum absolute atomic E-state index is 0.189. The SMILES string of the molecule is O=C(Nc1cccc(C(F)(F)F)c1)C(F)(F)C(F)(F)C(=O)Nc1cccc(C(F)(F)F)c1. The summed E-state index contributed by atoms with van der Waals surface area (Å²) in [7, 11) is 0. The third-order valence-corrected chi connectivity index (χ3v) is 3.86. The van der Waals surface area contributed by atoms with E-state index in [1.54, 1.807) is 0 Å². The van der Waals surface area contributed by atoms with Crippen LogP contribution in [-0.4, -0.2) is 23.7 Å². The number of hydrogen-bond donors (Lipinski definition) is 2. The van der Waals surface area contributed by atoms with Crippen LogP contribution in [0.4, 0.5) is 55.3 Å². The standard InChI is InChI=1S/C18H10F10N2O2/c19-15(20,13(31)29-11-5-1-3-9(7-11)17(23,24)25)16(21,22)14(32)30-12-6-2-4-10(8-12)18(26,27)28/h1-8H,(H,29,31)(H,30,32). The Bertz CT molecular complexity index is 934. The first kappa shape index (κ1) is 24.9. The first-order valence-electron chi connectivity index (χ1n) is 8.19. The molecular weight excluding hydrogens is 466 g/mol. The predicted octanol–water partition coefficient (Wildman–Crippen LogP) is 5.57. The quantitative estimate of drug-likeness (QED) is 0.555. The van der Waals surface area contributed by atoms with Gasteiger partial charge in [-0.3, -0.25) is 9.59 Å². The minimum atomic E-state index is -5.78. The van der Waals surface area contributed by atoms with E-state index < -0.39 is 58.5 Å². The lowest BCUT2D eigenvalue weighted by atomic mass is 10.1. The minimum Gasteiger partial charge on any atom is -0.321 e. The summed E-state index contributed by atoms with van der Waals surface area (Å²) in [5.41, 5.74) is -4.60. The van der Waals surface area contributed by atoms with Crippen molar-refractivity contribution in [3.05, 3.63) is 59.7 Å². The Labute approximate surface area is 172 Å². The van der Waals surface area contributed by atoms with Gasteiger partial charge in [0, 0.05) is 11.4 Å². The summed E-state index contributed by atoms with van der Waals surface area (Å²) in [6.45, 7) is 0. The van der Waals surface area contributed by atoms with Crippen molar-refractivity contribution in [3.8, 4) is 0 Å². The molecule has 2 amide bonds. The molecule has 0 unspecified atom stereocenters. The van der Waals surface area contributed by atoms with Crippen LogP contribution >= 0.6 is 0 Å². The molecule has 2 N–H and O–H groups in total. The smallest absolute Gasteiger partial charge is 0.321 e. The summed E-state index contributed by atoms with van der Waals surface area (Å²) in [6, 6.07) is 4.22. The van der Waals surface area contributed by atoms with Crippen LogP contribution in [0.5, 0.6) is 0 Å². The molecule has 0 fully saturated rings. The highest BCUT2D eigenvalue weighted by Gasteiger charge is 2.67. The van der Waals surface area contributed by atoms with Gasteiger partial charge in [0.25, 0.3) is 0 Å². The van der Waals surface area contributed by atoms with E-state index >= 15 is 0 Å². The molecule has 0 aliphatic carbocycles. The van der Waals surface area contributed by atoms with Crippen LogP contribution in [0.2, 0.25) is 0 Å². The molecule has 0 bridgehead atoms. The van der Waals surface area contributed by atoms with Gasteiger partial charge in [0.05, 0.1) is 11.1 Å². The molecule has 2 rings (SSSR count). The molecule has 0 atom stereocenters. The maximum Gasteiger partial charge on any atom is 0.416 e. The second-order valence-electron chi connectivity index (χ2n) is 6.21. The average Bonchev–Trinajstić information content (AvgIpc) is 2.66. The number of hydrogen-bond acceptors (Lipinski definition) is 2. The summed E-state index contributed by atoms with van der Waals surface area (Å²) in [5.74, 6) is -17.2. The third-order valence-electron chi connectivity index (χ3n) is 3.86. The zero-order valence-corrected chi connectivity index (χ0v) is 15.2. The average molecular weight is 476 g/mol. The van der Waals surface area contributed by atoms with Crippen molar-refractivity contribution in [1.82, 2.24) is 0 Å². The Balaban J connectivity index is 2.22. The summed E-state index contributed by atoms with van der Waals surface area (Å²) < 4.78 is 132. The lowest BCUT2D eigenvalue weighted by Gasteiger charge is -2.24. The molecule has 14 heteroatoms. The molecule has 0 saturated carbocycles. The van der Waals surface area contributed by atoms with E-state index in [1.807, 2.05) is 0 Å². The lowest BCUT2D eigenvalue weighted by molar-refractivity contribution is -0.204. The van der Waals surface area contributed by atoms with Crippen molar-refractivity contribution < 1.29 is 53.5 Å². The number of carbonyl (C=O) groups is 2. The van der Waals surface area contributed by atoms with Crippen molar-refractivity contribution in [3.63, 3.8) is 0 Å². The Hall–Kier alpha value is -3.32. The van der Waals surface area contributed by atoms with Crippen molar-refractivity contribution in [2.24, 2.45) is 0 Å². The maximum absolute atomic E-state index is 14.0. The molecule has 32 heavy (non-hydrogen) atoms. The number of halogens is 10. The van der Waals surface area contributed by atoms with Gasteiger partial charge < -0.3 is 10.6 Å². The Morgan fingerprint density at radius 2 is 0.875 bits per heavy atom. The number of nitrogens with one attached hydrogen (secondary N) is 2. The molecule has 174 valence electrons. The number of carbonyl (C=O) groups excluding carboxylic acids is 2. The molecule has 0 aliphatic heterocycles. The highest BCUT2D eigenvalue weighted by molar-refractivity contribution is 6.05. The summed E-state index contributed by atoms with van der Waals surface area (Å²) >= 11 is 0. The summed E-state index contributed by atoms with van der Waals surface area (Å²) in [4.78, 5) is 23.3. The van der Waals surface area contributed by atoms with Gasteiger partial charge in [0.2, 0.25) is 0 Å². The topological polar surface area (TPSA) is 58.2 Å². The molecule has 0 spiro atoms. The van der Waals surface area contributed by atoms with Gasteiger partial charge in [-0.25, -0.2) is 0 Å². The van der Waals surface area contributed by atoms with E-state index in [4.69, 9.17) is 0 Å². The normalized spacial score (nSPS) is 12.9. The van der Waals surface area contributed by atoms with Crippen LogP contribution in [0.3, 0.4) is 0 Å². The summed E-state index contributed by atoms with van der Waals surface area (Å²) in [5, 5.41) is 2.30. The van der Waals surface area contributed by atoms with Gasteiger partial charge in [-0.05, 0) is 36.4 Å². The molecular formula is C18H10F10N2O2. The molecule has 0 aliphatic rings. The maximum atomic E-state index is 14.0. The summed E-state index contributed by atoms with van der Waals surface area (Å²) in [6.07, 6.45) is -9.87. The van der Waals surface area contributed by atoms with E-state index in [1.165, 1.54) is 0 Å². The monoisotopic (exact) mass is 476 g/mol. The van der Waals surface area contributed by atoms with E-state index in [0.717, 1.165) is 10.6 Å². The highest BCUT2D eigenvalue weighted by Crippen LogP contribution is 2.38. The number of benzene rings is 2. The van der Waals surface area contributed by atoms with Gasteiger partial charge in [-0.1, -0.05) is 12.1 Å². The third kappa shape index (κ3) is 5.29. The zero-order chi connectivity index (χ0) is 24.5. The van der Waals surface area contributed by atoms with Crippen molar-refractivity contribution in [2.75, 3.05) is 10.6 Å². The van der Waals surface area contributed by atoms with Gasteiger partial charge in [-0.15, -0.1) is 0 Å². The first-order valence-corrected chi connectivity index (χ1v) is 8.19. The van der Waals surface area contributed by atoms with E-state index in [-0.39, 0.29) is 12.1 Å². The van der Waals surface area contributed by atoms with E-state index in [2.05, 4.69) is 0 Å². The Kier molecular flexibility index (Phi) is 6.48. The van der Waals surface area contributed by atoms with Crippen LogP contribution in [0, 0.1) is 0 Å². The van der Waals surface area contributed by atoms with E-state index in [9.17, 15) is 53.5 Å². The number of rotatable bonds is 5. The fraction of sp³-hybridized carbons (Fsp3) is 0.222. The largest absolute Gasteiger partial charge is 0.416 e. The highest BCUT2D eigenvalue weighted by atomic mass is 19.4.